The fourth-order valence-corrected chi connectivity index (χ4v) is 3.34. The van der Waals surface area contributed by atoms with Gasteiger partial charge in [-0.1, -0.05) is 18.2 Å². The molecule has 2 N–H and O–H groups in total. The molecule has 0 unspecified atom stereocenters. The van der Waals surface area contributed by atoms with E-state index in [1.807, 2.05) is 30.5 Å². The number of amides is 2. The van der Waals surface area contributed by atoms with E-state index in [9.17, 15) is 14.4 Å². The first kappa shape index (κ1) is 17.0. The highest BCUT2D eigenvalue weighted by molar-refractivity contribution is 5.92. The van der Waals surface area contributed by atoms with Crippen molar-refractivity contribution in [3.63, 3.8) is 0 Å². The Morgan fingerprint density at radius 3 is 2.48 bits per heavy atom. The number of aromatic nitrogens is 3. The molecule has 0 spiro atoms. The summed E-state index contributed by atoms with van der Waals surface area (Å²) in [6.45, 7) is 1.85. The van der Waals surface area contributed by atoms with Gasteiger partial charge in [0.2, 0.25) is 5.91 Å². The van der Waals surface area contributed by atoms with Crippen LogP contribution in [0.4, 0.5) is 0 Å². The van der Waals surface area contributed by atoms with Crippen molar-refractivity contribution in [3.05, 3.63) is 64.2 Å². The monoisotopic (exact) mass is 365 g/mol. The van der Waals surface area contributed by atoms with E-state index >= 15 is 0 Å². The van der Waals surface area contributed by atoms with Crippen LogP contribution >= 0.6 is 0 Å². The molecule has 0 aliphatic carbocycles. The summed E-state index contributed by atoms with van der Waals surface area (Å²) in [5.74, 6) is -0.191. The smallest absolute Gasteiger partial charge is 0.274 e. The predicted molar refractivity (Wildman–Crippen MR) is 99.3 cm³/mol. The maximum absolute atomic E-state index is 12.6. The second kappa shape index (κ2) is 7.06. The normalized spacial score (nSPS) is 14.5. The summed E-state index contributed by atoms with van der Waals surface area (Å²) < 4.78 is 0. The number of carbonyl (C=O) groups is 2. The Labute approximate surface area is 154 Å². The summed E-state index contributed by atoms with van der Waals surface area (Å²) in [6.07, 6.45) is 2.21. The predicted octanol–water partition coefficient (Wildman–Crippen LogP) is 0.778. The van der Waals surface area contributed by atoms with E-state index in [2.05, 4.69) is 15.2 Å². The van der Waals surface area contributed by atoms with Crippen molar-refractivity contribution in [2.45, 2.75) is 6.42 Å². The van der Waals surface area contributed by atoms with Gasteiger partial charge in [-0.05, 0) is 17.7 Å². The number of H-pyrrole nitrogens is 2. The van der Waals surface area contributed by atoms with Gasteiger partial charge in [0, 0.05) is 49.3 Å². The molecule has 0 atom stereocenters. The molecule has 3 aromatic rings. The Balaban J connectivity index is 1.37. The molecule has 4 rings (SSSR count). The largest absolute Gasteiger partial charge is 0.361 e. The minimum absolute atomic E-state index is 0.0500. The van der Waals surface area contributed by atoms with Crippen molar-refractivity contribution >= 4 is 22.7 Å². The van der Waals surface area contributed by atoms with Crippen LogP contribution in [-0.4, -0.2) is 63.0 Å². The summed E-state index contributed by atoms with van der Waals surface area (Å²) in [5.41, 5.74) is 1.85. The van der Waals surface area contributed by atoms with Gasteiger partial charge in [0.05, 0.1) is 6.42 Å². The van der Waals surface area contributed by atoms with Crippen molar-refractivity contribution in [1.29, 1.82) is 0 Å². The van der Waals surface area contributed by atoms with Crippen molar-refractivity contribution in [3.8, 4) is 0 Å². The molecule has 138 valence electrons. The molecule has 3 heterocycles. The molecule has 0 radical (unpaired) electrons. The number of hydrogen-bond donors (Lipinski definition) is 2. The minimum Gasteiger partial charge on any atom is -0.361 e. The van der Waals surface area contributed by atoms with E-state index < -0.39 is 0 Å². The topological polar surface area (TPSA) is 102 Å². The second-order valence-corrected chi connectivity index (χ2v) is 6.52. The third-order valence-electron chi connectivity index (χ3n) is 4.83. The Morgan fingerprint density at radius 1 is 1.00 bits per heavy atom. The van der Waals surface area contributed by atoms with Gasteiger partial charge in [-0.3, -0.25) is 14.4 Å². The first-order valence-electron chi connectivity index (χ1n) is 8.79. The number of para-hydroxylation sites is 1. The molecule has 0 bridgehead atoms. The van der Waals surface area contributed by atoms with Crippen LogP contribution in [0, 0.1) is 0 Å². The average Bonchev–Trinajstić information content (AvgIpc) is 3.11. The molecule has 1 aliphatic heterocycles. The third-order valence-corrected chi connectivity index (χ3v) is 4.83. The maximum Gasteiger partial charge on any atom is 0.274 e. The van der Waals surface area contributed by atoms with E-state index in [1.54, 1.807) is 9.80 Å². The van der Waals surface area contributed by atoms with E-state index in [1.165, 1.54) is 12.1 Å². The zero-order chi connectivity index (χ0) is 18.8. The number of fused-ring (bicyclic) bond motifs is 1. The summed E-state index contributed by atoms with van der Waals surface area (Å²) >= 11 is 0. The number of carbonyl (C=O) groups excluding carboxylic acids is 2. The van der Waals surface area contributed by atoms with Gasteiger partial charge in [-0.2, -0.15) is 5.10 Å². The van der Waals surface area contributed by atoms with Crippen LogP contribution in [0.15, 0.2) is 47.4 Å². The van der Waals surface area contributed by atoms with Crippen molar-refractivity contribution < 1.29 is 9.59 Å². The van der Waals surface area contributed by atoms with Crippen molar-refractivity contribution in [2.75, 3.05) is 26.2 Å². The number of hydrogen-bond acceptors (Lipinski definition) is 4. The SMILES string of the molecule is O=C(Cc1c[nH]c2ccccc12)N1CCN(C(=O)c2ccc(=O)[nH]n2)CC1. The third kappa shape index (κ3) is 3.46. The van der Waals surface area contributed by atoms with Crippen LogP contribution in [-0.2, 0) is 11.2 Å². The number of nitrogens with zero attached hydrogens (tertiary/aromatic N) is 3. The lowest BCUT2D eigenvalue weighted by Crippen LogP contribution is -2.51. The number of aromatic amines is 2. The van der Waals surface area contributed by atoms with Crippen LogP contribution in [0.3, 0.4) is 0 Å². The summed E-state index contributed by atoms with van der Waals surface area (Å²) in [7, 11) is 0. The first-order chi connectivity index (χ1) is 13.1. The quantitative estimate of drug-likeness (QED) is 0.716. The van der Waals surface area contributed by atoms with E-state index in [0.717, 1.165) is 16.5 Å². The molecular weight excluding hydrogens is 346 g/mol. The molecule has 0 saturated carbocycles. The lowest BCUT2D eigenvalue weighted by Gasteiger charge is -2.34. The van der Waals surface area contributed by atoms with Gasteiger partial charge < -0.3 is 14.8 Å². The van der Waals surface area contributed by atoms with Crippen LogP contribution in [0.1, 0.15) is 16.1 Å². The van der Waals surface area contributed by atoms with Gasteiger partial charge in [0.15, 0.2) is 0 Å². The van der Waals surface area contributed by atoms with Crippen LogP contribution in [0.5, 0.6) is 0 Å². The van der Waals surface area contributed by atoms with Gasteiger partial charge >= 0.3 is 0 Å². The zero-order valence-corrected chi connectivity index (χ0v) is 14.6. The second-order valence-electron chi connectivity index (χ2n) is 6.52. The maximum atomic E-state index is 12.6. The Morgan fingerprint density at radius 2 is 1.74 bits per heavy atom. The molecule has 8 nitrogen and oxygen atoms in total. The van der Waals surface area contributed by atoms with E-state index in [-0.39, 0.29) is 23.1 Å². The van der Waals surface area contributed by atoms with Gasteiger partial charge in [-0.25, -0.2) is 5.10 Å². The van der Waals surface area contributed by atoms with Crippen molar-refractivity contribution in [1.82, 2.24) is 25.0 Å². The Kier molecular flexibility index (Phi) is 4.45. The Bertz CT molecular complexity index is 1030. The fraction of sp³-hybridized carbons (Fsp3) is 0.263. The number of rotatable bonds is 3. The number of piperazine rings is 1. The summed E-state index contributed by atoms with van der Waals surface area (Å²) in [4.78, 5) is 42.8. The van der Waals surface area contributed by atoms with Gasteiger partial charge in [0.25, 0.3) is 11.5 Å². The van der Waals surface area contributed by atoms with E-state index in [0.29, 0.717) is 32.6 Å². The highest BCUT2D eigenvalue weighted by atomic mass is 16.2. The lowest BCUT2D eigenvalue weighted by atomic mass is 10.1. The van der Waals surface area contributed by atoms with Crippen LogP contribution < -0.4 is 5.56 Å². The fourth-order valence-electron chi connectivity index (χ4n) is 3.34. The minimum atomic E-state index is -0.348. The molecular formula is C19H19N5O3. The molecule has 2 amide bonds. The average molecular weight is 365 g/mol. The molecule has 1 fully saturated rings. The van der Waals surface area contributed by atoms with E-state index in [4.69, 9.17) is 0 Å². The number of benzene rings is 1. The molecule has 1 saturated heterocycles. The van der Waals surface area contributed by atoms with Crippen LogP contribution in [0.2, 0.25) is 0 Å². The van der Waals surface area contributed by atoms with Crippen LogP contribution in [0.25, 0.3) is 10.9 Å². The molecule has 8 heteroatoms. The highest BCUT2D eigenvalue weighted by Gasteiger charge is 2.26. The molecule has 27 heavy (non-hydrogen) atoms. The zero-order valence-electron chi connectivity index (χ0n) is 14.6. The molecule has 1 aromatic carbocycles. The molecule has 2 aromatic heterocycles. The standard InChI is InChI=1S/C19H19N5O3/c25-17-6-5-16(21-22-17)19(27)24-9-7-23(8-10-24)18(26)11-13-12-20-15-4-2-1-3-14(13)15/h1-6,12,20H,7-11H2,(H,22,25). The van der Waals surface area contributed by atoms with Gasteiger partial charge in [0.1, 0.15) is 5.69 Å². The number of nitrogens with one attached hydrogen (secondary N) is 2. The summed E-state index contributed by atoms with van der Waals surface area (Å²) in [5, 5.41) is 7.10. The lowest BCUT2D eigenvalue weighted by molar-refractivity contribution is -0.131. The summed E-state index contributed by atoms with van der Waals surface area (Å²) in [6, 6.07) is 10.6. The van der Waals surface area contributed by atoms with Crippen molar-refractivity contribution in [2.24, 2.45) is 0 Å². The molecule has 1 aliphatic rings. The van der Waals surface area contributed by atoms with Gasteiger partial charge in [-0.15, -0.1) is 0 Å². The Hall–Kier alpha value is -3.42. The highest BCUT2D eigenvalue weighted by Crippen LogP contribution is 2.19. The first-order valence-corrected chi connectivity index (χ1v) is 8.79.